The van der Waals surface area contributed by atoms with Gasteiger partial charge in [0.1, 0.15) is 5.25 Å². The molecule has 0 fully saturated rings. The van der Waals surface area contributed by atoms with Gasteiger partial charge in [-0.25, -0.2) is 8.42 Å². The number of benzene rings is 1. The van der Waals surface area contributed by atoms with Gasteiger partial charge >= 0.3 is 0 Å². The molecule has 0 saturated carbocycles. The Morgan fingerprint density at radius 3 is 2.55 bits per heavy atom. The predicted molar refractivity (Wildman–Crippen MR) is 74.6 cm³/mol. The van der Waals surface area contributed by atoms with Crippen molar-refractivity contribution in [2.45, 2.75) is 24.6 Å². The second-order valence-electron chi connectivity index (χ2n) is 4.74. The summed E-state index contributed by atoms with van der Waals surface area (Å²) in [6.45, 7) is 1.53. The first-order valence-corrected chi connectivity index (χ1v) is 8.15. The van der Waals surface area contributed by atoms with E-state index in [1.807, 2.05) is 30.3 Å². The molecule has 0 saturated heterocycles. The number of nitrogens with two attached hydrogens (primary N) is 1. The molecule has 2 rings (SSSR count). The Hall–Kier alpha value is -1.73. The molecule has 20 heavy (non-hydrogen) atoms. The molecule has 0 aliphatic heterocycles. The van der Waals surface area contributed by atoms with Crippen molar-refractivity contribution in [2.24, 2.45) is 5.73 Å². The van der Waals surface area contributed by atoms with Gasteiger partial charge in [0.05, 0.1) is 0 Å². The first-order valence-electron chi connectivity index (χ1n) is 6.20. The number of nitrogens with zero attached hydrogens (tertiary/aromatic N) is 2. The molecule has 0 radical (unpaired) electrons. The van der Waals surface area contributed by atoms with E-state index < -0.39 is 15.1 Å². The van der Waals surface area contributed by atoms with E-state index in [1.54, 1.807) is 0 Å². The number of hydrogen-bond acceptors (Lipinski definition) is 6. The van der Waals surface area contributed by atoms with Crippen LogP contribution in [0, 0.1) is 0 Å². The maximum absolute atomic E-state index is 11.4. The van der Waals surface area contributed by atoms with Gasteiger partial charge in [0, 0.05) is 18.7 Å². The van der Waals surface area contributed by atoms with Crippen LogP contribution in [0.4, 0.5) is 0 Å². The standard InChI is InChI=1S/C13H17N3O3S/c1-9(20(2,17)18)13-15-12(19-16-13)8-11(14)10-6-4-3-5-7-10/h3-7,9,11H,8,14H2,1-2H3. The van der Waals surface area contributed by atoms with Gasteiger partial charge in [-0.15, -0.1) is 0 Å². The van der Waals surface area contributed by atoms with E-state index in [4.69, 9.17) is 10.3 Å². The Labute approximate surface area is 117 Å². The van der Waals surface area contributed by atoms with Gasteiger partial charge in [-0.05, 0) is 12.5 Å². The van der Waals surface area contributed by atoms with E-state index in [2.05, 4.69) is 10.1 Å². The maximum atomic E-state index is 11.4. The fraction of sp³-hybridized carbons (Fsp3) is 0.385. The summed E-state index contributed by atoms with van der Waals surface area (Å²) in [6.07, 6.45) is 1.51. The minimum absolute atomic E-state index is 0.169. The average Bonchev–Trinajstić information content (AvgIpc) is 2.86. The smallest absolute Gasteiger partial charge is 0.228 e. The van der Waals surface area contributed by atoms with Gasteiger partial charge in [0.2, 0.25) is 5.89 Å². The zero-order valence-corrected chi connectivity index (χ0v) is 12.2. The van der Waals surface area contributed by atoms with E-state index in [-0.39, 0.29) is 11.9 Å². The van der Waals surface area contributed by atoms with Gasteiger partial charge in [-0.1, -0.05) is 35.5 Å². The van der Waals surface area contributed by atoms with Crippen molar-refractivity contribution in [3.8, 4) is 0 Å². The Morgan fingerprint density at radius 1 is 1.30 bits per heavy atom. The summed E-state index contributed by atoms with van der Waals surface area (Å²) in [5, 5.41) is 2.92. The highest BCUT2D eigenvalue weighted by Gasteiger charge is 2.23. The summed E-state index contributed by atoms with van der Waals surface area (Å²) in [5.41, 5.74) is 7.01. The maximum Gasteiger partial charge on any atom is 0.228 e. The zero-order chi connectivity index (χ0) is 14.8. The molecule has 0 spiro atoms. The van der Waals surface area contributed by atoms with Crippen molar-refractivity contribution in [3.05, 3.63) is 47.6 Å². The lowest BCUT2D eigenvalue weighted by atomic mass is 10.1. The largest absolute Gasteiger partial charge is 0.339 e. The van der Waals surface area contributed by atoms with E-state index in [1.165, 1.54) is 6.92 Å². The van der Waals surface area contributed by atoms with Gasteiger partial charge < -0.3 is 10.3 Å². The van der Waals surface area contributed by atoms with Crippen LogP contribution in [0.15, 0.2) is 34.9 Å². The molecule has 0 bridgehead atoms. The van der Waals surface area contributed by atoms with Crippen molar-refractivity contribution in [3.63, 3.8) is 0 Å². The topological polar surface area (TPSA) is 99.1 Å². The third kappa shape index (κ3) is 3.43. The highest BCUT2D eigenvalue weighted by Crippen LogP contribution is 2.20. The number of sulfone groups is 1. The Bertz CT molecular complexity index is 667. The molecule has 2 N–H and O–H groups in total. The van der Waals surface area contributed by atoms with Gasteiger partial charge in [-0.2, -0.15) is 4.98 Å². The molecule has 2 aromatic rings. The monoisotopic (exact) mass is 295 g/mol. The lowest BCUT2D eigenvalue weighted by molar-refractivity contribution is 0.365. The van der Waals surface area contributed by atoms with Crippen LogP contribution in [0.2, 0.25) is 0 Å². The Kier molecular flexibility index (Phi) is 4.20. The van der Waals surface area contributed by atoms with Crippen molar-refractivity contribution < 1.29 is 12.9 Å². The number of hydrogen-bond donors (Lipinski definition) is 1. The van der Waals surface area contributed by atoms with Gasteiger partial charge in [0.15, 0.2) is 15.7 Å². The van der Waals surface area contributed by atoms with E-state index >= 15 is 0 Å². The van der Waals surface area contributed by atoms with Crippen LogP contribution in [0.5, 0.6) is 0 Å². The van der Waals surface area contributed by atoms with Gasteiger partial charge in [-0.3, -0.25) is 0 Å². The van der Waals surface area contributed by atoms with Crippen LogP contribution in [0.3, 0.4) is 0 Å². The highest BCUT2D eigenvalue weighted by atomic mass is 32.2. The fourth-order valence-electron chi connectivity index (χ4n) is 1.71. The summed E-state index contributed by atoms with van der Waals surface area (Å²) in [7, 11) is -3.24. The third-order valence-corrected chi connectivity index (χ3v) is 4.61. The molecular weight excluding hydrogens is 278 g/mol. The van der Waals surface area contributed by atoms with Gasteiger partial charge in [0.25, 0.3) is 0 Å². The van der Waals surface area contributed by atoms with E-state index in [0.29, 0.717) is 12.3 Å². The zero-order valence-electron chi connectivity index (χ0n) is 11.4. The summed E-state index contributed by atoms with van der Waals surface area (Å²) in [6, 6.07) is 9.29. The van der Waals surface area contributed by atoms with Crippen molar-refractivity contribution in [1.82, 2.24) is 10.1 Å². The molecule has 0 aliphatic carbocycles. The van der Waals surface area contributed by atoms with Crippen LogP contribution in [0.1, 0.15) is 35.5 Å². The lowest BCUT2D eigenvalue weighted by Gasteiger charge is -2.08. The predicted octanol–water partition coefficient (Wildman–Crippen LogP) is 1.42. The Balaban J connectivity index is 2.11. The molecule has 7 heteroatoms. The minimum atomic E-state index is -3.24. The number of aromatic nitrogens is 2. The quantitative estimate of drug-likeness (QED) is 0.895. The normalized spacial score (nSPS) is 14.9. The lowest BCUT2D eigenvalue weighted by Crippen LogP contribution is -2.13. The van der Waals surface area contributed by atoms with E-state index in [0.717, 1.165) is 11.8 Å². The van der Waals surface area contributed by atoms with Crippen LogP contribution in [-0.4, -0.2) is 24.8 Å². The molecule has 0 aliphatic rings. The SMILES string of the molecule is CC(c1noc(CC(N)c2ccccc2)n1)S(C)(=O)=O. The van der Waals surface area contributed by atoms with Crippen molar-refractivity contribution in [1.29, 1.82) is 0 Å². The summed E-state index contributed by atoms with van der Waals surface area (Å²) in [4.78, 5) is 4.11. The van der Waals surface area contributed by atoms with Crippen LogP contribution < -0.4 is 5.73 Å². The summed E-state index contributed by atoms with van der Waals surface area (Å²) in [5.74, 6) is 0.509. The molecule has 2 unspecified atom stereocenters. The summed E-state index contributed by atoms with van der Waals surface area (Å²) >= 11 is 0. The molecule has 108 valence electrons. The van der Waals surface area contributed by atoms with Crippen LogP contribution in [0.25, 0.3) is 0 Å². The third-order valence-electron chi connectivity index (χ3n) is 3.11. The number of rotatable bonds is 5. The Morgan fingerprint density at radius 2 is 1.95 bits per heavy atom. The van der Waals surface area contributed by atoms with Crippen LogP contribution in [-0.2, 0) is 16.3 Å². The second kappa shape index (κ2) is 5.72. The van der Waals surface area contributed by atoms with Crippen LogP contribution >= 0.6 is 0 Å². The molecule has 0 amide bonds. The second-order valence-corrected chi connectivity index (χ2v) is 7.11. The fourth-order valence-corrected chi connectivity index (χ4v) is 2.19. The first kappa shape index (κ1) is 14.7. The first-order chi connectivity index (χ1) is 9.38. The highest BCUT2D eigenvalue weighted by molar-refractivity contribution is 7.90. The molecule has 1 aromatic heterocycles. The summed E-state index contributed by atoms with van der Waals surface area (Å²) < 4.78 is 27.9. The molecule has 2 atom stereocenters. The van der Waals surface area contributed by atoms with Crippen molar-refractivity contribution >= 4 is 9.84 Å². The van der Waals surface area contributed by atoms with E-state index in [9.17, 15) is 8.42 Å². The minimum Gasteiger partial charge on any atom is -0.339 e. The molecular formula is C13H17N3O3S. The molecule has 1 aromatic carbocycles. The van der Waals surface area contributed by atoms with Crippen molar-refractivity contribution in [2.75, 3.05) is 6.26 Å². The average molecular weight is 295 g/mol. The molecule has 1 heterocycles. The molecule has 6 nitrogen and oxygen atoms in total.